The largest absolute Gasteiger partial charge is 0.497 e. The molecular weight excluding hydrogens is 344 g/mol. The molecule has 0 aliphatic carbocycles. The Hall–Kier alpha value is -2.60. The molecule has 6 nitrogen and oxygen atoms in total. The Morgan fingerprint density at radius 2 is 2.15 bits per heavy atom. The molecule has 27 heavy (non-hydrogen) atoms. The van der Waals surface area contributed by atoms with Crippen molar-refractivity contribution >= 4 is 5.97 Å². The minimum atomic E-state index is -0.728. The molecule has 1 aromatic carbocycles. The lowest BCUT2D eigenvalue weighted by Crippen LogP contribution is -2.41. The number of methoxy groups -OCH3 is 2. The highest BCUT2D eigenvalue weighted by molar-refractivity contribution is 5.70. The molecule has 2 unspecified atom stereocenters. The summed E-state index contributed by atoms with van der Waals surface area (Å²) in [6.45, 7) is 1.37. The minimum absolute atomic E-state index is 0.0351. The zero-order valence-corrected chi connectivity index (χ0v) is 15.8. The number of carboxylic acids is 1. The molecule has 0 bridgehead atoms. The Bertz CT molecular complexity index is 766. The summed E-state index contributed by atoms with van der Waals surface area (Å²) in [5.41, 5.74) is 1.96. The molecular formula is C21H26N2O4. The predicted octanol–water partition coefficient (Wildman–Crippen LogP) is 3.18. The van der Waals surface area contributed by atoms with Gasteiger partial charge in [0.25, 0.3) is 0 Å². The van der Waals surface area contributed by atoms with E-state index in [1.807, 2.05) is 36.4 Å². The molecule has 2 aromatic rings. The first-order chi connectivity index (χ1) is 13.1. The van der Waals surface area contributed by atoms with Gasteiger partial charge in [-0.1, -0.05) is 6.07 Å². The fraction of sp³-hybridized carbons (Fsp3) is 0.429. The summed E-state index contributed by atoms with van der Waals surface area (Å²) < 4.78 is 11.0. The van der Waals surface area contributed by atoms with E-state index >= 15 is 0 Å². The van der Waals surface area contributed by atoms with Gasteiger partial charge in [-0.15, -0.1) is 0 Å². The number of piperidine rings is 1. The number of aliphatic carboxylic acids is 1. The van der Waals surface area contributed by atoms with Gasteiger partial charge in [0.15, 0.2) is 0 Å². The number of hydrogen-bond acceptors (Lipinski definition) is 5. The lowest BCUT2D eigenvalue weighted by atomic mass is 9.92. The van der Waals surface area contributed by atoms with Crippen molar-refractivity contribution in [2.45, 2.75) is 25.3 Å². The summed E-state index contributed by atoms with van der Waals surface area (Å²) >= 11 is 0. The number of nitrogens with zero attached hydrogens (tertiary/aromatic N) is 2. The maximum Gasteiger partial charge on any atom is 0.307 e. The molecule has 6 heteroatoms. The number of pyridine rings is 1. The van der Waals surface area contributed by atoms with Gasteiger partial charge in [-0.25, -0.2) is 0 Å². The van der Waals surface area contributed by atoms with Crippen molar-refractivity contribution < 1.29 is 19.4 Å². The lowest BCUT2D eigenvalue weighted by Gasteiger charge is -2.37. The Morgan fingerprint density at radius 3 is 2.81 bits per heavy atom. The lowest BCUT2D eigenvalue weighted by molar-refractivity contribution is -0.144. The fourth-order valence-electron chi connectivity index (χ4n) is 3.74. The third-order valence-electron chi connectivity index (χ3n) is 5.17. The van der Waals surface area contributed by atoms with Crippen molar-refractivity contribution in [1.82, 2.24) is 9.88 Å². The van der Waals surface area contributed by atoms with Crippen LogP contribution in [0.15, 0.2) is 42.6 Å². The Balaban J connectivity index is 1.98. The zero-order valence-electron chi connectivity index (χ0n) is 15.8. The smallest absolute Gasteiger partial charge is 0.307 e. The number of carbonyl (C=O) groups is 1. The van der Waals surface area contributed by atoms with Crippen molar-refractivity contribution in [1.29, 1.82) is 0 Å². The maximum atomic E-state index is 11.6. The highest BCUT2D eigenvalue weighted by Crippen LogP contribution is 2.36. The van der Waals surface area contributed by atoms with Gasteiger partial charge in [-0.05, 0) is 49.7 Å². The molecule has 1 N–H and O–H groups in total. The van der Waals surface area contributed by atoms with Crippen molar-refractivity contribution in [2.24, 2.45) is 5.92 Å². The third-order valence-corrected chi connectivity index (χ3v) is 5.17. The van der Waals surface area contributed by atoms with E-state index in [0.29, 0.717) is 13.0 Å². The average molecular weight is 370 g/mol. The summed E-state index contributed by atoms with van der Waals surface area (Å²) in [5, 5.41) is 9.50. The van der Waals surface area contributed by atoms with Crippen molar-refractivity contribution in [3.05, 3.63) is 53.9 Å². The van der Waals surface area contributed by atoms with E-state index in [-0.39, 0.29) is 12.0 Å². The normalized spacial score (nSPS) is 18.7. The molecule has 3 rings (SSSR count). The van der Waals surface area contributed by atoms with Gasteiger partial charge < -0.3 is 14.6 Å². The fourth-order valence-corrected chi connectivity index (χ4v) is 3.74. The zero-order chi connectivity index (χ0) is 19.2. The minimum Gasteiger partial charge on any atom is -0.497 e. The van der Waals surface area contributed by atoms with Gasteiger partial charge in [0.05, 0.1) is 20.1 Å². The summed E-state index contributed by atoms with van der Waals surface area (Å²) in [4.78, 5) is 18.3. The molecule has 2 atom stereocenters. The van der Waals surface area contributed by atoms with Crippen LogP contribution in [0.25, 0.3) is 0 Å². The molecule has 0 saturated carbocycles. The molecule has 1 saturated heterocycles. The van der Waals surface area contributed by atoms with Crippen LogP contribution in [0.2, 0.25) is 0 Å². The standard InChI is InChI=1S/C21H26N2O4/c1-26-17-8-9-20(27-2)18(13-17)19(12-16-7-3-4-10-22-16)23-11-5-6-15(14-23)21(24)25/h3-4,7-10,13,15,19H,5-6,11-12,14H2,1-2H3,(H,24,25). The molecule has 1 aliphatic heterocycles. The van der Waals surface area contributed by atoms with Gasteiger partial charge in [-0.3, -0.25) is 14.7 Å². The second kappa shape index (κ2) is 8.86. The molecule has 1 aliphatic rings. The van der Waals surface area contributed by atoms with E-state index < -0.39 is 5.97 Å². The molecule has 1 fully saturated rings. The Morgan fingerprint density at radius 1 is 1.30 bits per heavy atom. The maximum absolute atomic E-state index is 11.6. The topological polar surface area (TPSA) is 71.9 Å². The van der Waals surface area contributed by atoms with Gasteiger partial charge in [0.2, 0.25) is 0 Å². The Labute approximate surface area is 159 Å². The number of benzene rings is 1. The molecule has 0 amide bonds. The van der Waals surface area contributed by atoms with E-state index in [9.17, 15) is 9.90 Å². The van der Waals surface area contributed by atoms with Gasteiger partial charge in [0, 0.05) is 36.5 Å². The van der Waals surface area contributed by atoms with Crippen LogP contribution in [0.5, 0.6) is 11.5 Å². The third kappa shape index (κ3) is 4.57. The van der Waals surface area contributed by atoms with Crippen molar-refractivity contribution in [3.8, 4) is 11.5 Å². The van der Waals surface area contributed by atoms with Crippen LogP contribution in [-0.2, 0) is 11.2 Å². The summed E-state index contributed by atoms with van der Waals surface area (Å²) in [6, 6.07) is 11.6. The highest BCUT2D eigenvalue weighted by atomic mass is 16.5. The summed E-state index contributed by atoms with van der Waals surface area (Å²) in [6.07, 6.45) is 4.04. The summed E-state index contributed by atoms with van der Waals surface area (Å²) in [7, 11) is 3.29. The van der Waals surface area contributed by atoms with Gasteiger partial charge >= 0.3 is 5.97 Å². The van der Waals surface area contributed by atoms with E-state index in [4.69, 9.17) is 9.47 Å². The van der Waals surface area contributed by atoms with Crippen LogP contribution in [0.4, 0.5) is 0 Å². The SMILES string of the molecule is COc1ccc(OC)c(C(Cc2ccccn2)N2CCCC(C(=O)O)C2)c1. The second-order valence-electron chi connectivity index (χ2n) is 6.82. The number of likely N-dealkylation sites (tertiary alicyclic amines) is 1. The molecule has 144 valence electrons. The first-order valence-corrected chi connectivity index (χ1v) is 9.21. The number of hydrogen-bond donors (Lipinski definition) is 1. The highest BCUT2D eigenvalue weighted by Gasteiger charge is 2.32. The number of aromatic nitrogens is 1. The van der Waals surface area contributed by atoms with Crippen LogP contribution >= 0.6 is 0 Å². The van der Waals surface area contributed by atoms with Crippen molar-refractivity contribution in [2.75, 3.05) is 27.3 Å². The predicted molar refractivity (Wildman–Crippen MR) is 102 cm³/mol. The van der Waals surface area contributed by atoms with Crippen LogP contribution in [0.1, 0.15) is 30.1 Å². The van der Waals surface area contributed by atoms with E-state index in [0.717, 1.165) is 42.1 Å². The number of ether oxygens (including phenoxy) is 2. The quantitative estimate of drug-likeness (QED) is 0.807. The molecule has 0 radical (unpaired) electrons. The van der Waals surface area contributed by atoms with Gasteiger partial charge in [0.1, 0.15) is 11.5 Å². The monoisotopic (exact) mass is 370 g/mol. The van der Waals surface area contributed by atoms with E-state index in [1.165, 1.54) is 0 Å². The van der Waals surface area contributed by atoms with E-state index in [1.54, 1.807) is 20.4 Å². The Kier molecular flexibility index (Phi) is 6.29. The van der Waals surface area contributed by atoms with Crippen LogP contribution in [-0.4, -0.2) is 48.3 Å². The molecule has 1 aromatic heterocycles. The first-order valence-electron chi connectivity index (χ1n) is 9.21. The number of rotatable bonds is 7. The molecule has 2 heterocycles. The first kappa shape index (κ1) is 19.2. The van der Waals surface area contributed by atoms with Crippen molar-refractivity contribution in [3.63, 3.8) is 0 Å². The van der Waals surface area contributed by atoms with Crippen LogP contribution in [0, 0.1) is 5.92 Å². The second-order valence-corrected chi connectivity index (χ2v) is 6.82. The summed E-state index contributed by atoms with van der Waals surface area (Å²) in [5.74, 6) is 0.452. The number of carboxylic acid groups (broad SMARTS) is 1. The van der Waals surface area contributed by atoms with Crippen LogP contribution < -0.4 is 9.47 Å². The van der Waals surface area contributed by atoms with E-state index in [2.05, 4.69) is 9.88 Å². The van der Waals surface area contributed by atoms with Gasteiger partial charge in [-0.2, -0.15) is 0 Å². The van der Waals surface area contributed by atoms with Crippen LogP contribution in [0.3, 0.4) is 0 Å². The molecule has 0 spiro atoms. The average Bonchev–Trinajstić information content (AvgIpc) is 2.72.